The summed E-state index contributed by atoms with van der Waals surface area (Å²) in [5, 5.41) is 18.8. The summed E-state index contributed by atoms with van der Waals surface area (Å²) in [6.07, 6.45) is 4.16. The minimum Gasteiger partial charge on any atom is -0.348 e. The number of carbonyl (C=O) groups excluding carboxylic acids is 1. The molecule has 2 aromatic rings. The number of fused-ring (bicyclic) bond motifs is 1. The van der Waals surface area contributed by atoms with Crippen LogP contribution in [0.15, 0.2) is 18.5 Å². The highest BCUT2D eigenvalue weighted by Gasteiger charge is 2.15. The molecule has 0 aliphatic heterocycles. The molecule has 2 aromatic heterocycles. The van der Waals surface area contributed by atoms with Crippen LogP contribution in [0.4, 0.5) is 0 Å². The van der Waals surface area contributed by atoms with Gasteiger partial charge in [0.15, 0.2) is 5.65 Å². The molecule has 0 aliphatic rings. The molecular formula is C12H13N5O. The Morgan fingerprint density at radius 3 is 3.22 bits per heavy atom. The van der Waals surface area contributed by atoms with E-state index in [-0.39, 0.29) is 11.9 Å². The standard InChI is InChI=1S/C12H13N5O/c1-2-8(3-5-13)16-12(18)9-4-6-14-11-10(9)7-15-17-11/h4,6-8H,2-3H2,1H3,(H,16,18)(H,14,15,17). The van der Waals surface area contributed by atoms with Gasteiger partial charge in [0.2, 0.25) is 0 Å². The van der Waals surface area contributed by atoms with Gasteiger partial charge in [-0.25, -0.2) is 4.98 Å². The molecular weight excluding hydrogens is 230 g/mol. The summed E-state index contributed by atoms with van der Waals surface area (Å²) >= 11 is 0. The lowest BCUT2D eigenvalue weighted by Gasteiger charge is -2.13. The zero-order valence-corrected chi connectivity index (χ0v) is 9.97. The molecule has 0 spiro atoms. The molecule has 6 nitrogen and oxygen atoms in total. The number of nitriles is 1. The Balaban J connectivity index is 2.23. The van der Waals surface area contributed by atoms with Gasteiger partial charge in [0.05, 0.1) is 29.6 Å². The van der Waals surface area contributed by atoms with Gasteiger partial charge in [0, 0.05) is 12.2 Å². The van der Waals surface area contributed by atoms with Crippen LogP contribution in [0.3, 0.4) is 0 Å². The second-order valence-corrected chi connectivity index (χ2v) is 3.93. The van der Waals surface area contributed by atoms with Gasteiger partial charge in [-0.1, -0.05) is 6.92 Å². The van der Waals surface area contributed by atoms with Crippen LogP contribution in [0.5, 0.6) is 0 Å². The van der Waals surface area contributed by atoms with Crippen LogP contribution in [0, 0.1) is 11.3 Å². The highest BCUT2D eigenvalue weighted by Crippen LogP contribution is 2.14. The van der Waals surface area contributed by atoms with E-state index in [1.807, 2.05) is 6.92 Å². The second-order valence-electron chi connectivity index (χ2n) is 3.93. The maximum Gasteiger partial charge on any atom is 0.252 e. The Kier molecular flexibility index (Phi) is 3.53. The van der Waals surface area contributed by atoms with Gasteiger partial charge < -0.3 is 5.32 Å². The summed E-state index contributed by atoms with van der Waals surface area (Å²) in [5.74, 6) is -0.203. The van der Waals surface area contributed by atoms with Crippen LogP contribution in [0.2, 0.25) is 0 Å². The van der Waals surface area contributed by atoms with Gasteiger partial charge in [-0.15, -0.1) is 0 Å². The van der Waals surface area contributed by atoms with E-state index < -0.39 is 0 Å². The molecule has 0 aliphatic carbocycles. The minimum absolute atomic E-state index is 0.127. The van der Waals surface area contributed by atoms with Crippen LogP contribution >= 0.6 is 0 Å². The Morgan fingerprint density at radius 2 is 2.50 bits per heavy atom. The third kappa shape index (κ3) is 2.30. The molecule has 0 saturated heterocycles. The number of amides is 1. The number of nitrogens with one attached hydrogen (secondary N) is 2. The Hall–Kier alpha value is -2.42. The molecule has 1 amide bonds. The molecule has 0 aromatic carbocycles. The molecule has 2 rings (SSSR count). The molecule has 1 atom stereocenters. The molecule has 18 heavy (non-hydrogen) atoms. The maximum absolute atomic E-state index is 12.1. The molecule has 0 fully saturated rings. The smallest absolute Gasteiger partial charge is 0.252 e. The predicted molar refractivity (Wildman–Crippen MR) is 65.7 cm³/mol. The number of nitrogens with zero attached hydrogens (tertiary/aromatic N) is 3. The number of pyridine rings is 1. The molecule has 0 saturated carbocycles. The van der Waals surface area contributed by atoms with Crippen molar-refractivity contribution in [2.45, 2.75) is 25.8 Å². The summed E-state index contributed by atoms with van der Waals surface area (Å²) < 4.78 is 0. The average molecular weight is 243 g/mol. The topological polar surface area (TPSA) is 94.5 Å². The summed E-state index contributed by atoms with van der Waals surface area (Å²) in [6, 6.07) is 3.58. The zero-order valence-electron chi connectivity index (χ0n) is 9.97. The van der Waals surface area contributed by atoms with Crippen LogP contribution < -0.4 is 5.32 Å². The third-order valence-electron chi connectivity index (χ3n) is 2.76. The van der Waals surface area contributed by atoms with Crippen molar-refractivity contribution in [2.24, 2.45) is 0 Å². The minimum atomic E-state index is -0.203. The van der Waals surface area contributed by atoms with E-state index in [0.717, 1.165) is 6.42 Å². The number of H-pyrrole nitrogens is 1. The van der Waals surface area contributed by atoms with E-state index in [9.17, 15) is 4.79 Å². The maximum atomic E-state index is 12.1. The van der Waals surface area contributed by atoms with Gasteiger partial charge in [-0.2, -0.15) is 10.4 Å². The van der Waals surface area contributed by atoms with Crippen LogP contribution in [0.1, 0.15) is 30.1 Å². The first kappa shape index (κ1) is 12.0. The molecule has 2 heterocycles. The molecule has 0 radical (unpaired) electrons. The Labute approximate surface area is 104 Å². The first-order valence-electron chi connectivity index (χ1n) is 5.72. The molecule has 92 valence electrons. The van der Waals surface area contributed by atoms with Crippen molar-refractivity contribution in [3.05, 3.63) is 24.0 Å². The van der Waals surface area contributed by atoms with Gasteiger partial charge in [0.1, 0.15) is 0 Å². The monoisotopic (exact) mass is 243 g/mol. The lowest BCUT2D eigenvalue weighted by atomic mass is 10.1. The van der Waals surface area contributed by atoms with Gasteiger partial charge in [-0.3, -0.25) is 9.89 Å². The first-order valence-corrected chi connectivity index (χ1v) is 5.72. The fourth-order valence-corrected chi connectivity index (χ4v) is 1.72. The number of carbonyl (C=O) groups is 1. The molecule has 0 bridgehead atoms. The van der Waals surface area contributed by atoms with Crippen molar-refractivity contribution in [3.8, 4) is 6.07 Å². The number of rotatable bonds is 4. The van der Waals surface area contributed by atoms with E-state index in [0.29, 0.717) is 23.0 Å². The van der Waals surface area contributed by atoms with E-state index >= 15 is 0 Å². The summed E-state index contributed by atoms with van der Waals surface area (Å²) in [7, 11) is 0. The summed E-state index contributed by atoms with van der Waals surface area (Å²) in [6.45, 7) is 1.93. The lowest BCUT2D eigenvalue weighted by molar-refractivity contribution is 0.0938. The number of hydrogen-bond donors (Lipinski definition) is 2. The van der Waals surface area contributed by atoms with Crippen molar-refractivity contribution >= 4 is 16.9 Å². The van der Waals surface area contributed by atoms with Crippen LogP contribution in [0.25, 0.3) is 11.0 Å². The molecule has 1 unspecified atom stereocenters. The van der Waals surface area contributed by atoms with E-state index in [1.165, 1.54) is 0 Å². The third-order valence-corrected chi connectivity index (χ3v) is 2.76. The highest BCUT2D eigenvalue weighted by molar-refractivity contribution is 6.05. The van der Waals surface area contributed by atoms with Crippen molar-refractivity contribution in [1.82, 2.24) is 20.5 Å². The lowest BCUT2D eigenvalue weighted by Crippen LogP contribution is -2.34. The zero-order chi connectivity index (χ0) is 13.0. The number of hydrogen-bond acceptors (Lipinski definition) is 4. The predicted octanol–water partition coefficient (Wildman–Crippen LogP) is 1.38. The Morgan fingerprint density at radius 1 is 1.67 bits per heavy atom. The Bertz CT molecular complexity index is 598. The normalized spacial score (nSPS) is 12.0. The van der Waals surface area contributed by atoms with E-state index in [4.69, 9.17) is 5.26 Å². The van der Waals surface area contributed by atoms with Crippen molar-refractivity contribution < 1.29 is 4.79 Å². The summed E-state index contributed by atoms with van der Waals surface area (Å²) in [4.78, 5) is 16.2. The van der Waals surface area contributed by atoms with Gasteiger partial charge >= 0.3 is 0 Å². The molecule has 6 heteroatoms. The van der Waals surface area contributed by atoms with Crippen LogP contribution in [-0.2, 0) is 0 Å². The van der Waals surface area contributed by atoms with Crippen molar-refractivity contribution in [1.29, 1.82) is 5.26 Å². The van der Waals surface area contributed by atoms with E-state index in [1.54, 1.807) is 18.5 Å². The van der Waals surface area contributed by atoms with Gasteiger partial charge in [-0.05, 0) is 12.5 Å². The van der Waals surface area contributed by atoms with Crippen LogP contribution in [-0.4, -0.2) is 27.1 Å². The quantitative estimate of drug-likeness (QED) is 0.848. The van der Waals surface area contributed by atoms with E-state index in [2.05, 4.69) is 26.6 Å². The molecule has 2 N–H and O–H groups in total. The fraction of sp³-hybridized carbons (Fsp3) is 0.333. The fourth-order valence-electron chi connectivity index (χ4n) is 1.72. The highest BCUT2D eigenvalue weighted by atomic mass is 16.1. The largest absolute Gasteiger partial charge is 0.348 e. The number of aromatic nitrogens is 3. The average Bonchev–Trinajstić information content (AvgIpc) is 2.85. The second kappa shape index (κ2) is 5.27. The first-order chi connectivity index (χ1) is 8.76. The van der Waals surface area contributed by atoms with Crippen molar-refractivity contribution in [3.63, 3.8) is 0 Å². The summed E-state index contributed by atoms with van der Waals surface area (Å²) in [5.41, 5.74) is 1.10. The van der Waals surface area contributed by atoms with Gasteiger partial charge in [0.25, 0.3) is 5.91 Å². The SMILES string of the molecule is CCC(CC#N)NC(=O)c1ccnc2[nH]ncc12. The number of aromatic amines is 1. The van der Waals surface area contributed by atoms with Crippen molar-refractivity contribution in [2.75, 3.05) is 0 Å².